The SMILES string of the molecule is CCCN(CCNCC[SH](C)CC)C1CC1. The standard InChI is InChI=1S/C13H30N2S/c1-4-10-15(13-6-7-13)11-8-14-9-12-16(3)5-2/h13-14,16H,4-12H2,1-3H3. The van der Waals surface area contributed by atoms with Crippen molar-refractivity contribution >= 4 is 10.9 Å². The van der Waals surface area contributed by atoms with Crippen molar-refractivity contribution in [2.24, 2.45) is 0 Å². The third kappa shape index (κ3) is 6.12. The van der Waals surface area contributed by atoms with Crippen LogP contribution in [0.2, 0.25) is 0 Å². The summed E-state index contributed by atoms with van der Waals surface area (Å²) in [5.74, 6) is 2.77. The van der Waals surface area contributed by atoms with Gasteiger partial charge in [0, 0.05) is 25.7 Å². The molecule has 0 aliphatic heterocycles. The average molecular weight is 246 g/mol. The minimum atomic E-state index is 0.307. The molecule has 1 N–H and O–H groups in total. The van der Waals surface area contributed by atoms with Crippen LogP contribution in [0.5, 0.6) is 0 Å². The predicted octanol–water partition coefficient (Wildman–Crippen LogP) is 2.10. The lowest BCUT2D eigenvalue weighted by Gasteiger charge is -2.21. The number of nitrogens with one attached hydrogen (secondary N) is 1. The van der Waals surface area contributed by atoms with Gasteiger partial charge in [-0.15, -0.1) is 0 Å². The van der Waals surface area contributed by atoms with Crippen LogP contribution in [0.1, 0.15) is 33.1 Å². The van der Waals surface area contributed by atoms with Gasteiger partial charge in [0.1, 0.15) is 0 Å². The average Bonchev–Trinajstić information content (AvgIpc) is 3.10. The van der Waals surface area contributed by atoms with E-state index >= 15 is 0 Å². The molecule has 1 fully saturated rings. The number of rotatable bonds is 10. The molecule has 1 aliphatic rings. The first-order valence-electron chi connectivity index (χ1n) is 6.91. The van der Waals surface area contributed by atoms with E-state index < -0.39 is 0 Å². The van der Waals surface area contributed by atoms with Gasteiger partial charge in [0.15, 0.2) is 0 Å². The molecule has 0 aromatic heterocycles. The van der Waals surface area contributed by atoms with Gasteiger partial charge in [-0.1, -0.05) is 13.8 Å². The van der Waals surface area contributed by atoms with Crippen molar-refractivity contribution < 1.29 is 0 Å². The summed E-state index contributed by atoms with van der Waals surface area (Å²) in [6.07, 6.45) is 6.59. The summed E-state index contributed by atoms with van der Waals surface area (Å²) in [5, 5.41) is 3.60. The van der Waals surface area contributed by atoms with Gasteiger partial charge in [0.05, 0.1) is 0 Å². The van der Waals surface area contributed by atoms with Crippen LogP contribution in [0.3, 0.4) is 0 Å². The summed E-state index contributed by atoms with van der Waals surface area (Å²) in [6, 6.07) is 0.931. The molecule has 0 amide bonds. The molecule has 16 heavy (non-hydrogen) atoms. The van der Waals surface area contributed by atoms with Crippen LogP contribution >= 0.6 is 10.9 Å². The summed E-state index contributed by atoms with van der Waals surface area (Å²) in [6.45, 7) is 9.55. The van der Waals surface area contributed by atoms with Crippen LogP contribution in [-0.4, -0.2) is 54.9 Å². The van der Waals surface area contributed by atoms with E-state index in [1.165, 1.54) is 56.9 Å². The van der Waals surface area contributed by atoms with Crippen LogP contribution in [0.4, 0.5) is 0 Å². The Morgan fingerprint density at radius 3 is 2.50 bits per heavy atom. The second kappa shape index (κ2) is 8.37. The van der Waals surface area contributed by atoms with Crippen LogP contribution < -0.4 is 5.32 Å². The minimum absolute atomic E-state index is 0.307. The molecular weight excluding hydrogens is 216 g/mol. The Kier molecular flexibility index (Phi) is 7.50. The summed E-state index contributed by atoms with van der Waals surface area (Å²) in [5.41, 5.74) is 0. The van der Waals surface area contributed by atoms with Gasteiger partial charge in [0.25, 0.3) is 0 Å². The molecule has 2 nitrogen and oxygen atoms in total. The molecule has 0 heterocycles. The van der Waals surface area contributed by atoms with E-state index in [2.05, 4.69) is 30.3 Å². The molecule has 1 rings (SSSR count). The smallest absolute Gasteiger partial charge is 0.0110 e. The van der Waals surface area contributed by atoms with Crippen molar-refractivity contribution in [2.75, 3.05) is 43.9 Å². The summed E-state index contributed by atoms with van der Waals surface area (Å²) >= 11 is 0. The summed E-state index contributed by atoms with van der Waals surface area (Å²) in [7, 11) is 0.307. The zero-order valence-corrected chi connectivity index (χ0v) is 12.2. The van der Waals surface area contributed by atoms with Crippen molar-refractivity contribution in [3.8, 4) is 0 Å². The topological polar surface area (TPSA) is 15.3 Å². The Bertz CT molecular complexity index is 171. The lowest BCUT2D eigenvalue weighted by molar-refractivity contribution is 0.264. The molecule has 0 spiro atoms. The fourth-order valence-electron chi connectivity index (χ4n) is 1.98. The number of hydrogen-bond acceptors (Lipinski definition) is 2. The molecule has 0 bridgehead atoms. The molecule has 0 saturated heterocycles. The highest BCUT2D eigenvalue weighted by atomic mass is 32.2. The zero-order chi connectivity index (χ0) is 11.8. The van der Waals surface area contributed by atoms with E-state index in [4.69, 9.17) is 0 Å². The molecule has 1 saturated carbocycles. The number of hydrogen-bond donors (Lipinski definition) is 2. The highest BCUT2D eigenvalue weighted by molar-refractivity contribution is 8.16. The fourth-order valence-corrected chi connectivity index (χ4v) is 2.84. The molecule has 98 valence electrons. The molecule has 1 unspecified atom stereocenters. The van der Waals surface area contributed by atoms with Gasteiger partial charge in [-0.3, -0.25) is 15.8 Å². The van der Waals surface area contributed by atoms with E-state index in [0.717, 1.165) is 6.04 Å². The number of nitrogens with zero attached hydrogens (tertiary/aromatic N) is 1. The third-order valence-electron chi connectivity index (χ3n) is 3.36. The Labute approximate surface area is 105 Å². The van der Waals surface area contributed by atoms with E-state index in [9.17, 15) is 0 Å². The maximum Gasteiger partial charge on any atom is 0.0110 e. The first-order chi connectivity index (χ1) is 7.77. The van der Waals surface area contributed by atoms with Crippen molar-refractivity contribution in [1.29, 1.82) is 0 Å². The van der Waals surface area contributed by atoms with Crippen molar-refractivity contribution in [3.05, 3.63) is 0 Å². The van der Waals surface area contributed by atoms with E-state index in [0.29, 0.717) is 10.9 Å². The largest absolute Gasteiger partial charge is 0.315 e. The van der Waals surface area contributed by atoms with E-state index in [1.54, 1.807) is 0 Å². The van der Waals surface area contributed by atoms with Gasteiger partial charge in [0.2, 0.25) is 0 Å². The van der Waals surface area contributed by atoms with Gasteiger partial charge < -0.3 is 5.32 Å². The third-order valence-corrected chi connectivity index (χ3v) is 5.43. The zero-order valence-electron chi connectivity index (χ0n) is 11.3. The Balaban J connectivity index is 1.96. The molecule has 1 atom stereocenters. The second-order valence-electron chi connectivity index (χ2n) is 4.91. The van der Waals surface area contributed by atoms with Crippen molar-refractivity contribution in [3.63, 3.8) is 0 Å². The highest BCUT2D eigenvalue weighted by Gasteiger charge is 2.27. The van der Waals surface area contributed by atoms with Gasteiger partial charge in [-0.2, -0.15) is 0 Å². The first-order valence-corrected chi connectivity index (χ1v) is 9.07. The van der Waals surface area contributed by atoms with Gasteiger partial charge >= 0.3 is 0 Å². The van der Waals surface area contributed by atoms with Gasteiger partial charge in [-0.25, -0.2) is 0 Å². The Morgan fingerprint density at radius 2 is 1.94 bits per heavy atom. The molecule has 0 aromatic carbocycles. The second-order valence-corrected chi connectivity index (χ2v) is 7.70. The first kappa shape index (κ1) is 14.3. The molecular formula is C13H30N2S. The highest BCUT2D eigenvalue weighted by Crippen LogP contribution is 2.26. The van der Waals surface area contributed by atoms with Gasteiger partial charge in [-0.05, 0) is 43.6 Å². The van der Waals surface area contributed by atoms with Crippen LogP contribution in [0.25, 0.3) is 0 Å². The maximum atomic E-state index is 3.60. The molecule has 0 aromatic rings. The van der Waals surface area contributed by atoms with E-state index in [-0.39, 0.29) is 0 Å². The van der Waals surface area contributed by atoms with Crippen LogP contribution in [0.15, 0.2) is 0 Å². The van der Waals surface area contributed by atoms with Crippen LogP contribution in [0, 0.1) is 0 Å². The molecule has 0 radical (unpaired) electrons. The summed E-state index contributed by atoms with van der Waals surface area (Å²) < 4.78 is 0. The number of thiol groups is 1. The quantitative estimate of drug-likeness (QED) is 0.453. The maximum absolute atomic E-state index is 3.60. The van der Waals surface area contributed by atoms with Crippen molar-refractivity contribution in [2.45, 2.75) is 39.2 Å². The van der Waals surface area contributed by atoms with Crippen molar-refractivity contribution in [1.82, 2.24) is 10.2 Å². The minimum Gasteiger partial charge on any atom is -0.315 e. The lowest BCUT2D eigenvalue weighted by Crippen LogP contribution is -2.35. The lowest BCUT2D eigenvalue weighted by atomic mass is 10.4. The Morgan fingerprint density at radius 1 is 1.19 bits per heavy atom. The summed E-state index contributed by atoms with van der Waals surface area (Å²) in [4.78, 5) is 2.67. The normalized spacial score (nSPS) is 19.1. The molecule has 1 aliphatic carbocycles. The predicted molar refractivity (Wildman–Crippen MR) is 78.1 cm³/mol. The monoisotopic (exact) mass is 246 g/mol. The Hall–Kier alpha value is 0.270. The molecule has 3 heteroatoms. The van der Waals surface area contributed by atoms with E-state index in [1.807, 2.05) is 0 Å². The fraction of sp³-hybridized carbons (Fsp3) is 1.00. The van der Waals surface area contributed by atoms with Crippen LogP contribution in [-0.2, 0) is 0 Å².